The molecule has 8 heteroatoms. The van der Waals surface area contributed by atoms with Gasteiger partial charge in [-0.25, -0.2) is 8.42 Å². The summed E-state index contributed by atoms with van der Waals surface area (Å²) in [4.78, 5) is 16.5. The highest BCUT2D eigenvalue weighted by atomic mass is 32.2. The first-order valence-corrected chi connectivity index (χ1v) is 12.4. The van der Waals surface area contributed by atoms with Crippen LogP contribution in [0.3, 0.4) is 0 Å². The lowest BCUT2D eigenvalue weighted by Crippen LogP contribution is -2.39. The number of hydrogen-bond donors (Lipinski definition) is 1. The van der Waals surface area contributed by atoms with E-state index in [4.69, 9.17) is 4.74 Å². The molecule has 31 heavy (non-hydrogen) atoms. The maximum Gasteiger partial charge on any atom is 0.262 e. The number of rotatable bonds is 6. The van der Waals surface area contributed by atoms with Crippen molar-refractivity contribution in [3.8, 4) is 5.75 Å². The Morgan fingerprint density at radius 3 is 2.61 bits per heavy atom. The molecule has 162 valence electrons. The second-order valence-corrected chi connectivity index (χ2v) is 9.98. The van der Waals surface area contributed by atoms with Crippen LogP contribution in [-0.4, -0.2) is 32.9 Å². The molecule has 1 aliphatic rings. The molecule has 3 aromatic rings. The average molecular weight is 457 g/mol. The maximum atomic E-state index is 13.2. The molecule has 1 aliphatic heterocycles. The Balaban J connectivity index is 1.54. The third-order valence-corrected chi connectivity index (χ3v) is 7.88. The largest absolute Gasteiger partial charge is 0.495 e. The Morgan fingerprint density at radius 2 is 1.90 bits per heavy atom. The first-order valence-electron chi connectivity index (χ1n) is 10.1. The van der Waals surface area contributed by atoms with E-state index in [0.29, 0.717) is 23.5 Å². The highest BCUT2D eigenvalue weighted by Gasteiger charge is 2.31. The lowest BCUT2D eigenvalue weighted by molar-refractivity contribution is 0.0657. The number of anilines is 1. The van der Waals surface area contributed by atoms with E-state index in [0.717, 1.165) is 12.8 Å². The summed E-state index contributed by atoms with van der Waals surface area (Å²) in [6, 6.07) is 15.0. The van der Waals surface area contributed by atoms with Crippen LogP contribution in [0.2, 0.25) is 0 Å². The van der Waals surface area contributed by atoms with Gasteiger partial charge in [0.1, 0.15) is 5.75 Å². The Bertz CT molecular complexity index is 1190. The molecule has 0 spiro atoms. The zero-order valence-corrected chi connectivity index (χ0v) is 19.0. The molecule has 1 amide bonds. The van der Waals surface area contributed by atoms with Crippen LogP contribution in [0.5, 0.6) is 5.75 Å². The lowest BCUT2D eigenvalue weighted by Gasteiger charge is -2.35. The molecule has 2 aromatic carbocycles. The molecule has 0 bridgehead atoms. The quantitative estimate of drug-likeness (QED) is 0.583. The Labute approximate surface area is 186 Å². The van der Waals surface area contributed by atoms with Crippen molar-refractivity contribution in [3.63, 3.8) is 0 Å². The summed E-state index contributed by atoms with van der Waals surface area (Å²) in [7, 11) is -2.33. The van der Waals surface area contributed by atoms with E-state index in [1.807, 2.05) is 4.90 Å². The second kappa shape index (κ2) is 8.72. The molecule has 6 nitrogen and oxygen atoms in total. The van der Waals surface area contributed by atoms with Crippen LogP contribution in [0.1, 0.15) is 40.2 Å². The van der Waals surface area contributed by atoms with Gasteiger partial charge in [0, 0.05) is 17.0 Å². The van der Waals surface area contributed by atoms with Crippen molar-refractivity contribution in [2.75, 3.05) is 18.4 Å². The Morgan fingerprint density at radius 1 is 1.16 bits per heavy atom. The molecular formula is C23H24N2O4S2. The molecule has 0 saturated heterocycles. The molecular weight excluding hydrogens is 432 g/mol. The Hall–Kier alpha value is -2.84. The second-order valence-electron chi connectivity index (χ2n) is 7.30. The van der Waals surface area contributed by atoms with Crippen LogP contribution >= 0.6 is 11.3 Å². The van der Waals surface area contributed by atoms with Crippen LogP contribution in [0.25, 0.3) is 0 Å². The summed E-state index contributed by atoms with van der Waals surface area (Å²) in [5, 5.41) is 2.08. The van der Waals surface area contributed by atoms with Gasteiger partial charge in [-0.05, 0) is 66.2 Å². The van der Waals surface area contributed by atoms with E-state index in [2.05, 4.69) is 23.1 Å². The smallest absolute Gasteiger partial charge is 0.262 e. The number of nitrogens with zero attached hydrogens (tertiary/aromatic N) is 1. The number of carbonyl (C=O) groups is 1. The third-order valence-electron chi connectivity index (χ3n) is 5.51. The van der Waals surface area contributed by atoms with Crippen molar-refractivity contribution in [1.82, 2.24) is 4.90 Å². The minimum Gasteiger partial charge on any atom is -0.495 e. The van der Waals surface area contributed by atoms with Crippen LogP contribution in [0.15, 0.2) is 64.9 Å². The summed E-state index contributed by atoms with van der Waals surface area (Å²) >= 11 is 1.74. The van der Waals surface area contributed by atoms with E-state index < -0.39 is 10.0 Å². The number of benzene rings is 2. The van der Waals surface area contributed by atoms with Crippen LogP contribution in [0, 0.1) is 0 Å². The Kier molecular flexibility index (Phi) is 6.02. The van der Waals surface area contributed by atoms with Crippen molar-refractivity contribution in [2.24, 2.45) is 0 Å². The third kappa shape index (κ3) is 4.18. The molecule has 0 saturated carbocycles. The number of hydrogen-bond acceptors (Lipinski definition) is 5. The first kappa shape index (κ1) is 21.4. The van der Waals surface area contributed by atoms with Crippen LogP contribution in [0.4, 0.5) is 5.69 Å². The van der Waals surface area contributed by atoms with E-state index in [-0.39, 0.29) is 16.8 Å². The van der Waals surface area contributed by atoms with Gasteiger partial charge in [0.2, 0.25) is 0 Å². The lowest BCUT2D eigenvalue weighted by atomic mass is 9.97. The predicted molar refractivity (Wildman–Crippen MR) is 122 cm³/mol. The minimum absolute atomic E-state index is 0.0538. The zero-order chi connectivity index (χ0) is 22.0. The molecule has 0 fully saturated rings. The molecule has 1 unspecified atom stereocenters. The molecule has 4 rings (SSSR count). The van der Waals surface area contributed by atoms with E-state index >= 15 is 0 Å². The van der Waals surface area contributed by atoms with E-state index in [1.165, 1.54) is 29.7 Å². The predicted octanol–water partition coefficient (Wildman–Crippen LogP) is 4.71. The number of para-hydroxylation sites is 2. The molecule has 0 radical (unpaired) electrons. The monoisotopic (exact) mass is 456 g/mol. The van der Waals surface area contributed by atoms with Gasteiger partial charge in [-0.2, -0.15) is 0 Å². The van der Waals surface area contributed by atoms with Gasteiger partial charge in [0.15, 0.2) is 0 Å². The van der Waals surface area contributed by atoms with Gasteiger partial charge in [-0.15, -0.1) is 11.3 Å². The van der Waals surface area contributed by atoms with Crippen molar-refractivity contribution in [3.05, 3.63) is 76.0 Å². The molecule has 1 atom stereocenters. The summed E-state index contributed by atoms with van der Waals surface area (Å²) in [6.07, 6.45) is 1.69. The number of methoxy groups -OCH3 is 1. The number of carbonyl (C=O) groups excluding carboxylic acids is 1. The molecule has 0 aliphatic carbocycles. The fourth-order valence-electron chi connectivity index (χ4n) is 3.95. The fraction of sp³-hybridized carbons (Fsp3) is 0.261. The minimum atomic E-state index is -3.81. The fourth-order valence-corrected chi connectivity index (χ4v) is 5.95. The molecule has 2 heterocycles. The number of nitrogens with one attached hydrogen (secondary N) is 1. The summed E-state index contributed by atoms with van der Waals surface area (Å²) in [5.41, 5.74) is 2.07. The number of sulfonamides is 1. The highest BCUT2D eigenvalue weighted by molar-refractivity contribution is 7.92. The van der Waals surface area contributed by atoms with Gasteiger partial charge in [-0.3, -0.25) is 9.52 Å². The van der Waals surface area contributed by atoms with Crippen molar-refractivity contribution in [1.29, 1.82) is 0 Å². The summed E-state index contributed by atoms with van der Waals surface area (Å²) in [6.45, 7) is 2.75. The molecule has 1 N–H and O–H groups in total. The van der Waals surface area contributed by atoms with Gasteiger partial charge < -0.3 is 9.64 Å². The zero-order valence-electron chi connectivity index (χ0n) is 17.4. The van der Waals surface area contributed by atoms with Crippen molar-refractivity contribution < 1.29 is 17.9 Å². The standard InChI is InChI=1S/C23H24N2O4S2/c1-3-20-18-13-15-30-22(18)12-14-25(20)23(26)16-8-10-17(11-9-16)31(27,28)24-19-6-4-5-7-21(19)29-2/h4-11,13,15,20,24H,3,12,14H2,1-2H3. The molecule has 1 aromatic heterocycles. The SMILES string of the molecule is CCC1c2ccsc2CCN1C(=O)c1ccc(S(=O)(=O)Nc2ccccc2OC)cc1. The summed E-state index contributed by atoms with van der Waals surface area (Å²) in [5.74, 6) is 0.353. The number of ether oxygens (including phenoxy) is 1. The number of amides is 1. The maximum absolute atomic E-state index is 13.2. The number of fused-ring (bicyclic) bond motifs is 1. The van der Waals surface area contributed by atoms with Gasteiger partial charge >= 0.3 is 0 Å². The van der Waals surface area contributed by atoms with E-state index in [9.17, 15) is 13.2 Å². The van der Waals surface area contributed by atoms with E-state index in [1.54, 1.807) is 47.7 Å². The van der Waals surface area contributed by atoms with Gasteiger partial charge in [-0.1, -0.05) is 19.1 Å². The topological polar surface area (TPSA) is 75.7 Å². The van der Waals surface area contributed by atoms with Gasteiger partial charge in [0.05, 0.1) is 23.7 Å². The average Bonchev–Trinajstić information content (AvgIpc) is 3.27. The number of thiophene rings is 1. The normalized spacial score (nSPS) is 15.9. The summed E-state index contributed by atoms with van der Waals surface area (Å²) < 4.78 is 33.3. The van der Waals surface area contributed by atoms with Crippen molar-refractivity contribution >= 4 is 33.0 Å². The van der Waals surface area contributed by atoms with Crippen molar-refractivity contribution in [2.45, 2.75) is 30.7 Å². The van der Waals surface area contributed by atoms with Crippen LogP contribution in [-0.2, 0) is 16.4 Å². The first-order chi connectivity index (χ1) is 14.9. The van der Waals surface area contributed by atoms with Gasteiger partial charge in [0.25, 0.3) is 15.9 Å². The highest BCUT2D eigenvalue weighted by Crippen LogP contribution is 2.36. The van der Waals surface area contributed by atoms with Crippen LogP contribution < -0.4 is 9.46 Å².